The van der Waals surface area contributed by atoms with E-state index in [0.29, 0.717) is 6.42 Å². The third-order valence-electron chi connectivity index (χ3n) is 7.06. The summed E-state index contributed by atoms with van der Waals surface area (Å²) in [5.41, 5.74) is 6.66. The lowest BCUT2D eigenvalue weighted by atomic mass is 9.58. The van der Waals surface area contributed by atoms with Crippen LogP contribution in [0, 0.1) is 5.41 Å². The van der Waals surface area contributed by atoms with Crippen LogP contribution in [0.25, 0.3) is 11.3 Å². The Labute approximate surface area is 183 Å². The predicted molar refractivity (Wildman–Crippen MR) is 120 cm³/mol. The molecule has 0 radical (unpaired) electrons. The number of nitrogens with zero attached hydrogens (tertiary/aromatic N) is 4. The second-order valence-corrected chi connectivity index (χ2v) is 9.79. The first kappa shape index (κ1) is 19.9. The Morgan fingerprint density at radius 2 is 2.06 bits per heavy atom. The number of Topliss-reactive ketones (excluding diaryl/α,β-unsaturated/α-hetero) is 1. The normalized spacial score (nSPS) is 26.7. The van der Waals surface area contributed by atoms with Crippen molar-refractivity contribution in [3.05, 3.63) is 64.9 Å². The molecule has 1 aromatic heterocycles. The van der Waals surface area contributed by atoms with E-state index in [2.05, 4.69) is 65.6 Å². The van der Waals surface area contributed by atoms with Crippen LogP contribution in [0.4, 0.5) is 0 Å². The van der Waals surface area contributed by atoms with E-state index in [1.165, 1.54) is 0 Å². The standard InChI is InChI=1S/C25H29N5O/c1-6-25(17-9-7-8-16(10-17)19-13-26-14-30(19)5)21-15(2)28-29-23(21)27-18-11-24(3,4)12-20(31)22(18)25/h7-10,13-14,23,27H,6,11-12H2,1-5H3. The van der Waals surface area contributed by atoms with Gasteiger partial charge in [0.15, 0.2) is 11.9 Å². The minimum Gasteiger partial charge on any atom is -0.362 e. The average Bonchev–Trinajstić information content (AvgIpc) is 3.31. The fourth-order valence-corrected chi connectivity index (χ4v) is 5.79. The number of ketones is 1. The van der Waals surface area contributed by atoms with Crippen LogP contribution >= 0.6 is 0 Å². The Balaban J connectivity index is 1.78. The van der Waals surface area contributed by atoms with E-state index < -0.39 is 5.41 Å². The molecule has 0 saturated carbocycles. The summed E-state index contributed by atoms with van der Waals surface area (Å²) in [6, 6.07) is 8.57. The number of imidazole rings is 1. The zero-order chi connectivity index (χ0) is 22.0. The lowest BCUT2D eigenvalue weighted by Crippen LogP contribution is -2.51. The molecule has 0 saturated heterocycles. The molecule has 0 spiro atoms. The van der Waals surface area contributed by atoms with Crippen molar-refractivity contribution in [1.82, 2.24) is 14.9 Å². The lowest BCUT2D eigenvalue weighted by Gasteiger charge is -2.48. The largest absolute Gasteiger partial charge is 0.362 e. The van der Waals surface area contributed by atoms with Crippen molar-refractivity contribution >= 4 is 5.78 Å². The summed E-state index contributed by atoms with van der Waals surface area (Å²) in [7, 11) is 2.00. The number of benzene rings is 1. The number of aromatic nitrogens is 2. The lowest BCUT2D eigenvalue weighted by molar-refractivity contribution is -0.119. The third kappa shape index (κ3) is 2.84. The number of carbonyl (C=O) groups excluding carboxylic acids is 1. The molecule has 31 heavy (non-hydrogen) atoms. The van der Waals surface area contributed by atoms with Crippen molar-refractivity contribution in [3.63, 3.8) is 0 Å². The topological polar surface area (TPSA) is 71.6 Å². The Morgan fingerprint density at radius 3 is 2.77 bits per heavy atom. The molecule has 6 nitrogen and oxygen atoms in total. The molecule has 2 atom stereocenters. The number of azo groups is 1. The molecule has 2 aliphatic heterocycles. The fraction of sp³-hybridized carbons (Fsp3) is 0.440. The van der Waals surface area contributed by atoms with Crippen LogP contribution in [0.15, 0.2) is 69.6 Å². The minimum atomic E-state index is -0.527. The zero-order valence-corrected chi connectivity index (χ0v) is 18.9. The van der Waals surface area contributed by atoms with E-state index in [4.69, 9.17) is 0 Å². The number of hydrogen-bond acceptors (Lipinski definition) is 5. The highest BCUT2D eigenvalue weighted by Gasteiger charge is 2.53. The molecular weight excluding hydrogens is 386 g/mol. The van der Waals surface area contributed by atoms with Crippen molar-refractivity contribution in [1.29, 1.82) is 0 Å². The van der Waals surface area contributed by atoms with Gasteiger partial charge in [0, 0.05) is 35.9 Å². The Bertz CT molecular complexity index is 1180. The second-order valence-electron chi connectivity index (χ2n) is 9.79. The van der Waals surface area contributed by atoms with Crippen molar-refractivity contribution in [2.24, 2.45) is 22.7 Å². The van der Waals surface area contributed by atoms with Gasteiger partial charge in [-0.2, -0.15) is 10.2 Å². The van der Waals surface area contributed by atoms with Gasteiger partial charge in [-0.05, 0) is 36.8 Å². The number of carbonyl (C=O) groups is 1. The van der Waals surface area contributed by atoms with Crippen LogP contribution in [-0.2, 0) is 17.3 Å². The van der Waals surface area contributed by atoms with Crippen LogP contribution < -0.4 is 5.32 Å². The molecule has 0 amide bonds. The first-order valence-corrected chi connectivity index (χ1v) is 11.0. The van der Waals surface area contributed by atoms with Gasteiger partial charge in [-0.3, -0.25) is 4.79 Å². The van der Waals surface area contributed by atoms with Crippen LogP contribution in [0.1, 0.15) is 52.5 Å². The number of allylic oxidation sites excluding steroid dienone is 3. The summed E-state index contributed by atoms with van der Waals surface area (Å²) in [5.74, 6) is 0.234. The highest BCUT2D eigenvalue weighted by atomic mass is 16.1. The van der Waals surface area contributed by atoms with Gasteiger partial charge >= 0.3 is 0 Å². The maximum Gasteiger partial charge on any atom is 0.165 e. The Hall–Kier alpha value is -3.02. The first-order chi connectivity index (χ1) is 14.8. The first-order valence-electron chi connectivity index (χ1n) is 11.0. The van der Waals surface area contributed by atoms with E-state index in [1.807, 2.05) is 31.1 Å². The molecule has 160 valence electrons. The molecule has 3 aliphatic rings. The molecule has 5 rings (SSSR count). The molecule has 1 N–H and O–H groups in total. The van der Waals surface area contributed by atoms with Crippen LogP contribution in [0.3, 0.4) is 0 Å². The molecule has 2 aromatic rings. The number of aryl methyl sites for hydroxylation is 1. The van der Waals surface area contributed by atoms with Gasteiger partial charge in [0.25, 0.3) is 0 Å². The highest BCUT2D eigenvalue weighted by molar-refractivity contribution is 6.01. The van der Waals surface area contributed by atoms with Crippen molar-refractivity contribution < 1.29 is 4.79 Å². The smallest absolute Gasteiger partial charge is 0.165 e. The van der Waals surface area contributed by atoms with E-state index >= 15 is 0 Å². The summed E-state index contributed by atoms with van der Waals surface area (Å²) in [5, 5.41) is 12.6. The number of rotatable bonds is 3. The van der Waals surface area contributed by atoms with E-state index in [9.17, 15) is 4.79 Å². The quantitative estimate of drug-likeness (QED) is 0.763. The second kappa shape index (κ2) is 6.74. The number of hydrogen-bond donors (Lipinski definition) is 1. The zero-order valence-electron chi connectivity index (χ0n) is 18.9. The molecule has 0 fully saturated rings. The van der Waals surface area contributed by atoms with Gasteiger partial charge < -0.3 is 9.88 Å². The summed E-state index contributed by atoms with van der Waals surface area (Å²) < 4.78 is 2.02. The third-order valence-corrected chi connectivity index (χ3v) is 7.06. The number of nitrogens with one attached hydrogen (secondary N) is 1. The van der Waals surface area contributed by atoms with Crippen LogP contribution in [-0.4, -0.2) is 21.5 Å². The fourth-order valence-electron chi connectivity index (χ4n) is 5.79. The summed E-state index contributed by atoms with van der Waals surface area (Å²) in [4.78, 5) is 17.9. The van der Waals surface area contributed by atoms with Gasteiger partial charge in [0.05, 0.1) is 29.3 Å². The molecule has 3 heterocycles. The minimum absolute atomic E-state index is 0.0645. The highest BCUT2D eigenvalue weighted by Crippen LogP contribution is 2.55. The Morgan fingerprint density at radius 1 is 1.26 bits per heavy atom. The Kier molecular flexibility index (Phi) is 4.33. The van der Waals surface area contributed by atoms with Crippen molar-refractivity contribution in [3.8, 4) is 11.3 Å². The van der Waals surface area contributed by atoms with Crippen molar-refractivity contribution in [2.45, 2.75) is 58.5 Å². The summed E-state index contributed by atoms with van der Waals surface area (Å²) in [6.45, 7) is 8.52. The summed E-state index contributed by atoms with van der Waals surface area (Å²) in [6.07, 6.45) is 5.67. The molecule has 6 heteroatoms. The van der Waals surface area contributed by atoms with E-state index in [1.54, 1.807) is 0 Å². The van der Waals surface area contributed by atoms with Crippen molar-refractivity contribution in [2.75, 3.05) is 0 Å². The molecule has 1 aliphatic carbocycles. The average molecular weight is 416 g/mol. The maximum absolute atomic E-state index is 13.7. The molecule has 2 unspecified atom stereocenters. The maximum atomic E-state index is 13.7. The van der Waals surface area contributed by atoms with E-state index in [0.717, 1.165) is 52.2 Å². The van der Waals surface area contributed by atoms with Gasteiger partial charge in [0.2, 0.25) is 0 Å². The molecule has 0 bridgehead atoms. The van der Waals surface area contributed by atoms with E-state index in [-0.39, 0.29) is 17.4 Å². The molecular formula is C25H29N5O. The van der Waals surface area contributed by atoms with Gasteiger partial charge in [-0.1, -0.05) is 39.0 Å². The molecule has 1 aromatic carbocycles. The monoisotopic (exact) mass is 415 g/mol. The van der Waals surface area contributed by atoms with Crippen LogP contribution in [0.5, 0.6) is 0 Å². The van der Waals surface area contributed by atoms with Crippen LogP contribution in [0.2, 0.25) is 0 Å². The van der Waals surface area contributed by atoms with Gasteiger partial charge in [0.1, 0.15) is 0 Å². The number of fused-ring (bicyclic) bond motifs is 1. The van der Waals surface area contributed by atoms with Gasteiger partial charge in [-0.25, -0.2) is 4.98 Å². The SMILES string of the molecule is CCC1(c2cccc(-c3cncn3C)c2)C2=C(CC(C)(C)CC2=O)NC2N=NC(C)=C21. The van der Waals surface area contributed by atoms with Gasteiger partial charge in [-0.15, -0.1) is 0 Å². The predicted octanol–water partition coefficient (Wildman–Crippen LogP) is 5.05. The summed E-state index contributed by atoms with van der Waals surface area (Å²) >= 11 is 0.